The monoisotopic (exact) mass is 291 g/mol. The first-order valence-electron chi connectivity index (χ1n) is 7.17. The Bertz CT molecular complexity index is 742. The van der Waals surface area contributed by atoms with Crippen LogP contribution in [0.5, 0.6) is 11.6 Å². The van der Waals surface area contributed by atoms with E-state index in [0.717, 1.165) is 22.6 Å². The van der Waals surface area contributed by atoms with E-state index in [2.05, 4.69) is 4.98 Å². The van der Waals surface area contributed by atoms with E-state index < -0.39 is 6.10 Å². The first-order valence-corrected chi connectivity index (χ1v) is 7.17. The van der Waals surface area contributed by atoms with Crippen molar-refractivity contribution in [2.45, 2.75) is 13.0 Å². The number of aryl methyl sites for hydroxylation is 1. The molecule has 2 aromatic carbocycles. The zero-order valence-corrected chi connectivity index (χ0v) is 12.3. The predicted octanol–water partition coefficient (Wildman–Crippen LogP) is 4.26. The van der Waals surface area contributed by atoms with Crippen molar-refractivity contribution >= 4 is 0 Å². The summed E-state index contributed by atoms with van der Waals surface area (Å²) in [7, 11) is 0. The summed E-state index contributed by atoms with van der Waals surface area (Å²) >= 11 is 0. The SMILES string of the molecule is Cc1nc(Oc2ccccc2)ccc1[C@H](O)c1ccccc1. The van der Waals surface area contributed by atoms with Crippen molar-refractivity contribution in [2.75, 3.05) is 0 Å². The summed E-state index contributed by atoms with van der Waals surface area (Å²) in [6.45, 7) is 1.87. The lowest BCUT2D eigenvalue weighted by Crippen LogP contribution is -2.04. The molecule has 0 saturated heterocycles. The fourth-order valence-corrected chi connectivity index (χ4v) is 2.32. The van der Waals surface area contributed by atoms with Gasteiger partial charge < -0.3 is 9.84 Å². The Balaban J connectivity index is 1.83. The van der Waals surface area contributed by atoms with Gasteiger partial charge in [-0.15, -0.1) is 0 Å². The maximum Gasteiger partial charge on any atom is 0.219 e. The van der Waals surface area contributed by atoms with Gasteiger partial charge in [-0.05, 0) is 30.7 Å². The first kappa shape index (κ1) is 14.3. The largest absolute Gasteiger partial charge is 0.439 e. The quantitative estimate of drug-likeness (QED) is 0.780. The molecule has 22 heavy (non-hydrogen) atoms. The van der Waals surface area contributed by atoms with Gasteiger partial charge in [0.1, 0.15) is 11.9 Å². The van der Waals surface area contributed by atoms with Gasteiger partial charge in [0.15, 0.2) is 0 Å². The molecular weight excluding hydrogens is 274 g/mol. The van der Waals surface area contributed by atoms with Gasteiger partial charge >= 0.3 is 0 Å². The van der Waals surface area contributed by atoms with Crippen molar-refractivity contribution < 1.29 is 9.84 Å². The van der Waals surface area contributed by atoms with E-state index in [1.807, 2.05) is 73.7 Å². The highest BCUT2D eigenvalue weighted by molar-refractivity contribution is 5.35. The van der Waals surface area contributed by atoms with Gasteiger partial charge in [-0.1, -0.05) is 48.5 Å². The second kappa shape index (κ2) is 6.41. The molecule has 0 aliphatic rings. The highest BCUT2D eigenvalue weighted by atomic mass is 16.5. The maximum atomic E-state index is 10.5. The minimum atomic E-state index is -0.681. The van der Waals surface area contributed by atoms with Gasteiger partial charge in [-0.2, -0.15) is 0 Å². The number of hydrogen-bond acceptors (Lipinski definition) is 3. The second-order valence-electron chi connectivity index (χ2n) is 5.05. The Morgan fingerprint density at radius 1 is 0.864 bits per heavy atom. The molecule has 0 aliphatic carbocycles. The number of ether oxygens (including phenoxy) is 1. The molecular formula is C19H17NO2. The van der Waals surface area contributed by atoms with Crippen LogP contribution in [0.4, 0.5) is 0 Å². The Hall–Kier alpha value is -2.65. The third-order valence-electron chi connectivity index (χ3n) is 3.48. The molecule has 0 bridgehead atoms. The highest BCUT2D eigenvalue weighted by Gasteiger charge is 2.14. The van der Waals surface area contributed by atoms with Crippen LogP contribution in [0.2, 0.25) is 0 Å². The van der Waals surface area contributed by atoms with Crippen molar-refractivity contribution in [3.8, 4) is 11.6 Å². The highest BCUT2D eigenvalue weighted by Crippen LogP contribution is 2.27. The molecule has 1 aromatic heterocycles. The minimum Gasteiger partial charge on any atom is -0.439 e. The molecule has 0 aliphatic heterocycles. The van der Waals surface area contributed by atoms with Gasteiger partial charge in [0, 0.05) is 17.3 Å². The molecule has 110 valence electrons. The Labute approximate surface area is 129 Å². The molecule has 1 heterocycles. The van der Waals surface area contributed by atoms with Crippen molar-refractivity contribution in [2.24, 2.45) is 0 Å². The number of aromatic nitrogens is 1. The lowest BCUT2D eigenvalue weighted by atomic mass is 10.0. The van der Waals surface area contributed by atoms with Crippen LogP contribution < -0.4 is 4.74 Å². The van der Waals surface area contributed by atoms with E-state index in [9.17, 15) is 5.11 Å². The van der Waals surface area contributed by atoms with Crippen LogP contribution in [-0.2, 0) is 0 Å². The predicted molar refractivity (Wildman–Crippen MR) is 86.0 cm³/mol. The van der Waals surface area contributed by atoms with Gasteiger partial charge in [-0.3, -0.25) is 0 Å². The van der Waals surface area contributed by atoms with Gasteiger partial charge in [0.05, 0.1) is 0 Å². The molecule has 3 nitrogen and oxygen atoms in total. The number of aliphatic hydroxyl groups excluding tert-OH is 1. The topological polar surface area (TPSA) is 42.4 Å². The summed E-state index contributed by atoms with van der Waals surface area (Å²) < 4.78 is 5.71. The Morgan fingerprint density at radius 3 is 2.14 bits per heavy atom. The van der Waals surface area contributed by atoms with Crippen molar-refractivity contribution in [3.05, 3.63) is 89.6 Å². The fourth-order valence-electron chi connectivity index (χ4n) is 2.32. The molecule has 3 heteroatoms. The van der Waals surface area contributed by atoms with Gasteiger partial charge in [-0.25, -0.2) is 4.98 Å². The number of para-hydroxylation sites is 1. The third-order valence-corrected chi connectivity index (χ3v) is 3.48. The van der Waals surface area contributed by atoms with Crippen LogP contribution in [0.1, 0.15) is 22.9 Å². The molecule has 0 fully saturated rings. The lowest BCUT2D eigenvalue weighted by Gasteiger charge is -2.14. The zero-order valence-electron chi connectivity index (χ0n) is 12.3. The number of rotatable bonds is 4. The van der Waals surface area contributed by atoms with Crippen LogP contribution >= 0.6 is 0 Å². The standard InChI is InChI=1S/C19H17NO2/c1-14-17(19(21)15-8-4-2-5-9-15)12-13-18(20-14)22-16-10-6-3-7-11-16/h2-13,19,21H,1H3/t19-/m1/s1. The molecule has 3 rings (SSSR count). The van der Waals surface area contributed by atoms with E-state index in [1.165, 1.54) is 0 Å². The lowest BCUT2D eigenvalue weighted by molar-refractivity contribution is 0.219. The van der Waals surface area contributed by atoms with Crippen LogP contribution in [0, 0.1) is 6.92 Å². The summed E-state index contributed by atoms with van der Waals surface area (Å²) in [5.74, 6) is 1.26. The van der Waals surface area contributed by atoms with E-state index in [-0.39, 0.29) is 0 Å². The number of benzene rings is 2. The van der Waals surface area contributed by atoms with Gasteiger partial charge in [0.25, 0.3) is 0 Å². The van der Waals surface area contributed by atoms with Crippen LogP contribution in [0.3, 0.4) is 0 Å². The van der Waals surface area contributed by atoms with E-state index >= 15 is 0 Å². The Kier molecular flexibility index (Phi) is 4.17. The third kappa shape index (κ3) is 3.15. The molecule has 3 aromatic rings. The summed E-state index contributed by atoms with van der Waals surface area (Å²) in [6, 6.07) is 22.7. The smallest absolute Gasteiger partial charge is 0.219 e. The average Bonchev–Trinajstić information content (AvgIpc) is 2.56. The van der Waals surface area contributed by atoms with Crippen molar-refractivity contribution in [1.82, 2.24) is 4.98 Å². The van der Waals surface area contributed by atoms with E-state index in [0.29, 0.717) is 5.88 Å². The molecule has 0 amide bonds. The van der Waals surface area contributed by atoms with E-state index in [1.54, 1.807) is 6.07 Å². The summed E-state index contributed by atoms with van der Waals surface area (Å²) in [5, 5.41) is 10.5. The van der Waals surface area contributed by atoms with Gasteiger partial charge in [0.2, 0.25) is 5.88 Å². The van der Waals surface area contributed by atoms with Crippen LogP contribution in [0.15, 0.2) is 72.8 Å². The molecule has 0 spiro atoms. The van der Waals surface area contributed by atoms with Crippen molar-refractivity contribution in [3.63, 3.8) is 0 Å². The number of aliphatic hydroxyl groups is 1. The number of pyridine rings is 1. The first-order chi connectivity index (χ1) is 10.7. The number of hydrogen-bond donors (Lipinski definition) is 1. The van der Waals surface area contributed by atoms with E-state index in [4.69, 9.17) is 4.74 Å². The normalized spacial score (nSPS) is 11.9. The number of nitrogens with zero attached hydrogens (tertiary/aromatic N) is 1. The molecule has 1 atom stereocenters. The molecule has 0 radical (unpaired) electrons. The Morgan fingerprint density at radius 2 is 1.50 bits per heavy atom. The molecule has 0 unspecified atom stereocenters. The second-order valence-corrected chi connectivity index (χ2v) is 5.05. The summed E-state index contributed by atoms with van der Waals surface area (Å²) in [5.41, 5.74) is 2.39. The van der Waals surface area contributed by atoms with Crippen LogP contribution in [-0.4, -0.2) is 10.1 Å². The fraction of sp³-hybridized carbons (Fsp3) is 0.105. The molecule has 0 saturated carbocycles. The summed E-state index contributed by atoms with van der Waals surface area (Å²) in [4.78, 5) is 4.43. The summed E-state index contributed by atoms with van der Waals surface area (Å²) in [6.07, 6.45) is -0.681. The van der Waals surface area contributed by atoms with Crippen LogP contribution in [0.25, 0.3) is 0 Å². The maximum absolute atomic E-state index is 10.5. The van der Waals surface area contributed by atoms with Crippen molar-refractivity contribution in [1.29, 1.82) is 0 Å². The molecule has 1 N–H and O–H groups in total. The average molecular weight is 291 g/mol. The minimum absolute atomic E-state index is 0.521. The zero-order chi connectivity index (χ0) is 15.4.